The molecular weight excluding hydrogens is 506 g/mol. The molecule has 1 aromatic heterocycles. The van der Waals surface area contributed by atoms with Crippen LogP contribution in [0.2, 0.25) is 0 Å². The normalized spacial score (nSPS) is 17.6. The molecule has 2 fully saturated rings. The molecule has 0 bridgehead atoms. The zero-order valence-electron chi connectivity index (χ0n) is 23.2. The molecule has 10 heteroatoms. The van der Waals surface area contributed by atoms with Crippen LogP contribution in [0, 0.1) is 0 Å². The van der Waals surface area contributed by atoms with Crippen LogP contribution >= 0.6 is 0 Å². The Bertz CT molecular complexity index is 1340. The lowest BCUT2D eigenvalue weighted by Gasteiger charge is -2.37. The van der Waals surface area contributed by atoms with Crippen LogP contribution < -0.4 is 25.8 Å². The number of primary amides is 1. The van der Waals surface area contributed by atoms with Crippen molar-refractivity contribution in [1.29, 1.82) is 0 Å². The third-order valence-electron chi connectivity index (χ3n) is 7.57. The predicted octanol–water partition coefficient (Wildman–Crippen LogP) is 3.62. The van der Waals surface area contributed by atoms with E-state index >= 15 is 0 Å². The highest BCUT2D eigenvalue weighted by atomic mass is 16.7. The Labute approximate surface area is 235 Å². The number of hydrogen-bond acceptors (Lipinski definition) is 9. The van der Waals surface area contributed by atoms with Gasteiger partial charge in [-0.2, -0.15) is 0 Å². The lowest BCUT2D eigenvalue weighted by molar-refractivity contribution is -0.112. The largest absolute Gasteiger partial charge is 0.494 e. The number of amides is 1. The first-order valence-corrected chi connectivity index (χ1v) is 13.7. The van der Waals surface area contributed by atoms with Crippen LogP contribution in [0.25, 0.3) is 5.57 Å². The topological polar surface area (TPSA) is 109 Å². The van der Waals surface area contributed by atoms with Crippen molar-refractivity contribution in [3.05, 3.63) is 72.6 Å². The first-order valence-electron chi connectivity index (χ1n) is 13.7. The van der Waals surface area contributed by atoms with E-state index in [1.54, 1.807) is 7.11 Å². The maximum absolute atomic E-state index is 12.2. The molecule has 0 aliphatic carbocycles. The van der Waals surface area contributed by atoms with Crippen LogP contribution in [-0.4, -0.2) is 73.3 Å². The van der Waals surface area contributed by atoms with Gasteiger partial charge in [-0.25, -0.2) is 15.0 Å². The fourth-order valence-corrected chi connectivity index (χ4v) is 5.28. The second-order valence-corrected chi connectivity index (χ2v) is 10.0. The summed E-state index contributed by atoms with van der Waals surface area (Å²) < 4.78 is 5.78. The summed E-state index contributed by atoms with van der Waals surface area (Å²) in [7, 11) is 1.62. The van der Waals surface area contributed by atoms with Crippen LogP contribution in [0.5, 0.6) is 5.75 Å². The highest BCUT2D eigenvalue weighted by Crippen LogP contribution is 2.38. The number of likely N-dealkylation sites (N-methyl/N-ethyl adjacent to an activating group) is 1. The van der Waals surface area contributed by atoms with Crippen molar-refractivity contribution in [3.8, 4) is 5.75 Å². The summed E-state index contributed by atoms with van der Waals surface area (Å²) in [5.41, 5.74) is 9.36. The number of carbonyl (C=O) groups excluding carboxylic acids is 1. The van der Waals surface area contributed by atoms with Gasteiger partial charge in [0, 0.05) is 55.1 Å². The van der Waals surface area contributed by atoms with Crippen LogP contribution in [0.4, 0.5) is 23.0 Å². The van der Waals surface area contributed by atoms with E-state index in [1.165, 1.54) is 11.9 Å². The second-order valence-electron chi connectivity index (χ2n) is 10.0. The summed E-state index contributed by atoms with van der Waals surface area (Å²) in [6.07, 6.45) is 3.27. The van der Waals surface area contributed by atoms with E-state index in [0.717, 1.165) is 51.3 Å². The molecule has 10 nitrogen and oxygen atoms in total. The Hall–Kier alpha value is -4.15. The van der Waals surface area contributed by atoms with E-state index in [9.17, 15) is 4.79 Å². The van der Waals surface area contributed by atoms with Crippen LogP contribution in [-0.2, 0) is 16.1 Å². The molecule has 2 aliphatic heterocycles. The molecule has 3 aromatic rings. The van der Waals surface area contributed by atoms with E-state index in [2.05, 4.69) is 50.7 Å². The predicted molar refractivity (Wildman–Crippen MR) is 158 cm³/mol. The molecule has 40 heavy (non-hydrogen) atoms. The molecule has 1 amide bonds. The number of nitrogens with zero attached hydrogens (tertiary/aromatic N) is 5. The Morgan fingerprint density at radius 1 is 1.15 bits per heavy atom. The zero-order chi connectivity index (χ0) is 28.1. The van der Waals surface area contributed by atoms with E-state index < -0.39 is 5.91 Å². The van der Waals surface area contributed by atoms with Gasteiger partial charge in [0.1, 0.15) is 17.9 Å². The molecule has 2 aromatic carbocycles. The molecule has 3 N–H and O–H groups in total. The molecule has 0 radical (unpaired) electrons. The molecule has 3 heterocycles. The lowest BCUT2D eigenvalue weighted by Crippen LogP contribution is -2.46. The summed E-state index contributed by atoms with van der Waals surface area (Å²) in [6.45, 7) is 11.3. The Kier molecular flexibility index (Phi) is 8.47. The first kappa shape index (κ1) is 27.4. The minimum Gasteiger partial charge on any atom is -0.494 e. The maximum Gasteiger partial charge on any atom is 0.248 e. The number of methoxy groups -OCH3 is 1. The van der Waals surface area contributed by atoms with Gasteiger partial charge in [0.05, 0.1) is 25.4 Å². The van der Waals surface area contributed by atoms with Crippen molar-refractivity contribution in [1.82, 2.24) is 14.9 Å². The molecule has 1 atom stereocenters. The molecule has 210 valence electrons. The number of anilines is 4. The van der Waals surface area contributed by atoms with Crippen molar-refractivity contribution in [2.75, 3.05) is 61.7 Å². The van der Waals surface area contributed by atoms with Gasteiger partial charge in [-0.05, 0) is 31.0 Å². The van der Waals surface area contributed by atoms with Crippen LogP contribution in [0.1, 0.15) is 24.5 Å². The van der Waals surface area contributed by atoms with Crippen molar-refractivity contribution in [2.24, 2.45) is 5.73 Å². The second kappa shape index (κ2) is 12.4. The van der Waals surface area contributed by atoms with Crippen molar-refractivity contribution < 1.29 is 14.4 Å². The highest BCUT2D eigenvalue weighted by Gasteiger charge is 2.28. The molecule has 5 rings (SSSR count). The van der Waals surface area contributed by atoms with Gasteiger partial charge in [-0.3, -0.25) is 9.63 Å². The highest BCUT2D eigenvalue weighted by molar-refractivity contribution is 6.19. The number of piperazine rings is 1. The average Bonchev–Trinajstić information content (AvgIpc) is 3.45. The molecule has 2 saturated heterocycles. The molecular formula is C30H37N7O3. The first-order chi connectivity index (χ1) is 19.5. The summed E-state index contributed by atoms with van der Waals surface area (Å²) in [5, 5.41) is 5.23. The number of hydroxylamine groups is 1. The number of aromatic nitrogens is 2. The maximum atomic E-state index is 12.2. The smallest absolute Gasteiger partial charge is 0.248 e. The standard InChI is InChI=1S/C30H37N7O3/c1-4-35-11-13-36(14-12-35)26-18-27(39-3)25(17-24(26)21(2)30(31)38)34-28-19-29(33-20-32-28)37-23(10-15-40-37)16-22-8-6-5-7-9-22/h5-9,17-20,23H,2,4,10-16H2,1,3H3,(H2,31,38)(H,32,33,34)/t23-/m1/s1. The fourth-order valence-electron chi connectivity index (χ4n) is 5.28. The van der Waals surface area contributed by atoms with E-state index in [-0.39, 0.29) is 11.6 Å². The third-order valence-corrected chi connectivity index (χ3v) is 7.57. The fraction of sp³-hybridized carbons (Fsp3) is 0.367. The number of rotatable bonds is 10. The number of hydrogen-bond donors (Lipinski definition) is 2. The molecule has 2 aliphatic rings. The van der Waals surface area contributed by atoms with Crippen molar-refractivity contribution in [3.63, 3.8) is 0 Å². The van der Waals surface area contributed by atoms with Crippen molar-refractivity contribution >= 4 is 34.5 Å². The number of nitrogens with two attached hydrogens (primary N) is 1. The lowest BCUT2D eigenvalue weighted by atomic mass is 10.0. The SMILES string of the molecule is C=C(C(N)=O)c1cc(Nc2cc(N3OCC[C@@H]3Cc3ccccc3)ncn2)c(OC)cc1N1CCN(CC)CC1. The van der Waals surface area contributed by atoms with Gasteiger partial charge in [0.25, 0.3) is 0 Å². The minimum atomic E-state index is -0.565. The summed E-state index contributed by atoms with van der Waals surface area (Å²) in [6, 6.07) is 16.2. The number of ether oxygens (including phenoxy) is 1. The van der Waals surface area contributed by atoms with Gasteiger partial charge in [-0.15, -0.1) is 0 Å². The van der Waals surface area contributed by atoms with E-state index in [1.807, 2.05) is 41.5 Å². The summed E-state index contributed by atoms with van der Waals surface area (Å²) >= 11 is 0. The Morgan fingerprint density at radius 2 is 1.93 bits per heavy atom. The minimum absolute atomic E-state index is 0.164. The summed E-state index contributed by atoms with van der Waals surface area (Å²) in [5.74, 6) is 1.29. The van der Waals surface area contributed by atoms with E-state index in [4.69, 9.17) is 15.3 Å². The summed E-state index contributed by atoms with van der Waals surface area (Å²) in [4.78, 5) is 31.8. The Morgan fingerprint density at radius 3 is 2.62 bits per heavy atom. The van der Waals surface area contributed by atoms with Gasteiger partial charge in [0.2, 0.25) is 5.91 Å². The molecule has 0 saturated carbocycles. The monoisotopic (exact) mass is 543 g/mol. The molecule has 0 spiro atoms. The number of benzene rings is 2. The van der Waals surface area contributed by atoms with Gasteiger partial charge in [0.15, 0.2) is 5.82 Å². The van der Waals surface area contributed by atoms with Gasteiger partial charge in [-0.1, -0.05) is 43.8 Å². The number of carbonyl (C=O) groups is 1. The average molecular weight is 544 g/mol. The third kappa shape index (κ3) is 6.03. The van der Waals surface area contributed by atoms with E-state index in [0.29, 0.717) is 35.2 Å². The molecule has 0 unspecified atom stereocenters. The number of nitrogens with one attached hydrogen (secondary N) is 1. The van der Waals surface area contributed by atoms with Crippen LogP contribution in [0.15, 0.2) is 61.4 Å². The zero-order valence-corrected chi connectivity index (χ0v) is 23.2. The van der Waals surface area contributed by atoms with Gasteiger partial charge < -0.3 is 25.6 Å². The van der Waals surface area contributed by atoms with Crippen LogP contribution in [0.3, 0.4) is 0 Å². The van der Waals surface area contributed by atoms with Crippen molar-refractivity contribution in [2.45, 2.75) is 25.8 Å². The Balaban J connectivity index is 1.41. The quantitative estimate of drug-likeness (QED) is 0.371. The van der Waals surface area contributed by atoms with Gasteiger partial charge >= 0.3 is 0 Å².